The second-order valence-electron chi connectivity index (χ2n) is 6.79. The van der Waals surface area contributed by atoms with E-state index in [0.717, 1.165) is 22.0 Å². The third-order valence-corrected chi connectivity index (χ3v) is 4.76. The molecule has 0 atom stereocenters. The van der Waals surface area contributed by atoms with Crippen molar-refractivity contribution in [2.75, 3.05) is 27.2 Å². The van der Waals surface area contributed by atoms with Crippen molar-refractivity contribution >= 4 is 46.0 Å². The Balaban J connectivity index is 0.00000196. The molecule has 3 aromatic rings. The lowest BCUT2D eigenvalue weighted by Crippen LogP contribution is -2.35. The maximum Gasteiger partial charge on any atom is 0.262 e. The number of rotatable bonds is 3. The zero-order valence-corrected chi connectivity index (χ0v) is 15.6. The molecule has 6 nitrogen and oxygen atoms in total. The van der Waals surface area contributed by atoms with Gasteiger partial charge in [-0.2, -0.15) is 0 Å². The van der Waals surface area contributed by atoms with Gasteiger partial charge in [-0.05, 0) is 50.8 Å². The van der Waals surface area contributed by atoms with E-state index in [1.54, 1.807) is 24.3 Å². The fourth-order valence-corrected chi connectivity index (χ4v) is 3.50. The predicted molar refractivity (Wildman–Crippen MR) is 103 cm³/mol. The number of H-pyrrole nitrogens is 1. The number of halogens is 1. The summed E-state index contributed by atoms with van der Waals surface area (Å²) in [7, 11) is 3.81. The molecule has 2 N–H and O–H groups in total. The number of fused-ring (bicyclic) bond motifs is 5. The molecular weight excluding hydrogens is 354 g/mol. The van der Waals surface area contributed by atoms with Crippen LogP contribution in [-0.2, 0) is 0 Å². The standard InChI is InChI=1S/C19H19N3O3.ClH/c1-10-8-13-16(19(25)22(18(13)24)7-6-21(2)3)15-12-9-11(23)4-5-14(12)20-17(10)15;/h4-5,8-9,20,23H,6-7H2,1-3H3;1H. The Labute approximate surface area is 156 Å². The first-order valence-corrected chi connectivity index (χ1v) is 8.17. The third-order valence-electron chi connectivity index (χ3n) is 4.76. The van der Waals surface area contributed by atoms with Crippen LogP contribution in [0.2, 0.25) is 0 Å². The minimum Gasteiger partial charge on any atom is -0.508 e. The molecule has 0 unspecified atom stereocenters. The maximum atomic E-state index is 13.0. The highest BCUT2D eigenvalue weighted by molar-refractivity contribution is 6.30. The zero-order valence-electron chi connectivity index (χ0n) is 14.8. The van der Waals surface area contributed by atoms with Crippen LogP contribution in [-0.4, -0.2) is 58.9 Å². The van der Waals surface area contributed by atoms with E-state index >= 15 is 0 Å². The van der Waals surface area contributed by atoms with Crippen molar-refractivity contribution < 1.29 is 14.7 Å². The fraction of sp³-hybridized carbons (Fsp3) is 0.263. The average molecular weight is 374 g/mol. The summed E-state index contributed by atoms with van der Waals surface area (Å²) in [4.78, 5) is 32.3. The molecule has 7 heteroatoms. The Morgan fingerprint density at radius 1 is 1.15 bits per heavy atom. The number of aromatic nitrogens is 1. The van der Waals surface area contributed by atoms with Gasteiger partial charge in [-0.25, -0.2) is 0 Å². The predicted octanol–water partition coefficient (Wildman–Crippen LogP) is 2.91. The number of hydrogen-bond donors (Lipinski definition) is 2. The number of phenolic OH excluding ortho intramolecular Hbond substituents is 1. The minimum absolute atomic E-state index is 0. The van der Waals surface area contributed by atoms with E-state index in [-0.39, 0.29) is 30.0 Å². The van der Waals surface area contributed by atoms with Gasteiger partial charge in [-0.3, -0.25) is 14.5 Å². The van der Waals surface area contributed by atoms with Crippen LogP contribution in [0.4, 0.5) is 0 Å². The van der Waals surface area contributed by atoms with Crippen LogP contribution in [0.1, 0.15) is 26.3 Å². The summed E-state index contributed by atoms with van der Waals surface area (Å²) in [5.41, 5.74) is 3.44. The summed E-state index contributed by atoms with van der Waals surface area (Å²) >= 11 is 0. The van der Waals surface area contributed by atoms with E-state index in [4.69, 9.17) is 0 Å². The fourth-order valence-electron chi connectivity index (χ4n) is 3.50. The average Bonchev–Trinajstić information content (AvgIpc) is 3.03. The summed E-state index contributed by atoms with van der Waals surface area (Å²) in [6.07, 6.45) is 0. The summed E-state index contributed by atoms with van der Waals surface area (Å²) in [5.74, 6) is -0.387. The van der Waals surface area contributed by atoms with Crippen molar-refractivity contribution in [3.8, 4) is 5.75 Å². The molecule has 2 aromatic carbocycles. The molecule has 0 spiro atoms. The zero-order chi connectivity index (χ0) is 17.9. The molecule has 1 aliphatic heterocycles. The molecule has 1 aromatic heterocycles. The number of imide groups is 1. The van der Waals surface area contributed by atoms with Gasteiger partial charge in [0, 0.05) is 29.4 Å². The van der Waals surface area contributed by atoms with Crippen LogP contribution in [0.25, 0.3) is 21.8 Å². The number of benzene rings is 2. The van der Waals surface area contributed by atoms with Crippen molar-refractivity contribution in [2.45, 2.75) is 6.92 Å². The number of carbonyl (C=O) groups is 2. The van der Waals surface area contributed by atoms with E-state index in [0.29, 0.717) is 29.6 Å². The van der Waals surface area contributed by atoms with Crippen LogP contribution in [0.3, 0.4) is 0 Å². The van der Waals surface area contributed by atoms with Gasteiger partial charge in [0.1, 0.15) is 5.75 Å². The first-order valence-electron chi connectivity index (χ1n) is 8.17. The molecule has 26 heavy (non-hydrogen) atoms. The monoisotopic (exact) mass is 373 g/mol. The molecule has 2 heterocycles. The first kappa shape index (κ1) is 18.2. The highest BCUT2D eigenvalue weighted by Gasteiger charge is 2.38. The highest BCUT2D eigenvalue weighted by Crippen LogP contribution is 2.38. The largest absolute Gasteiger partial charge is 0.508 e. The number of hydrogen-bond acceptors (Lipinski definition) is 4. The number of carbonyl (C=O) groups excluding carboxylic acids is 2. The Kier molecular flexibility index (Phi) is 4.42. The van der Waals surface area contributed by atoms with Crippen LogP contribution in [0.5, 0.6) is 5.75 Å². The van der Waals surface area contributed by atoms with Crippen LogP contribution >= 0.6 is 12.4 Å². The van der Waals surface area contributed by atoms with Crippen molar-refractivity contribution in [1.82, 2.24) is 14.8 Å². The number of nitrogens with one attached hydrogen (secondary N) is 1. The van der Waals surface area contributed by atoms with Crippen molar-refractivity contribution in [2.24, 2.45) is 0 Å². The second-order valence-corrected chi connectivity index (χ2v) is 6.79. The maximum absolute atomic E-state index is 13.0. The van der Waals surface area contributed by atoms with Gasteiger partial charge in [0.05, 0.1) is 16.6 Å². The number of phenols is 1. The van der Waals surface area contributed by atoms with E-state index in [2.05, 4.69) is 4.98 Å². The molecule has 0 bridgehead atoms. The number of aryl methyl sites for hydroxylation is 1. The van der Waals surface area contributed by atoms with E-state index in [1.165, 1.54) is 4.90 Å². The van der Waals surface area contributed by atoms with E-state index < -0.39 is 0 Å². The normalized spacial score (nSPS) is 13.8. The molecule has 0 fully saturated rings. The lowest BCUT2D eigenvalue weighted by Gasteiger charge is -2.16. The van der Waals surface area contributed by atoms with Crippen LogP contribution in [0, 0.1) is 6.92 Å². The first-order chi connectivity index (χ1) is 11.9. The van der Waals surface area contributed by atoms with Crippen molar-refractivity contribution in [3.63, 3.8) is 0 Å². The smallest absolute Gasteiger partial charge is 0.262 e. The van der Waals surface area contributed by atoms with Crippen molar-refractivity contribution in [3.05, 3.63) is 41.0 Å². The number of amides is 2. The number of aromatic hydroxyl groups is 1. The topological polar surface area (TPSA) is 76.6 Å². The quantitative estimate of drug-likeness (QED) is 0.692. The van der Waals surface area contributed by atoms with Gasteiger partial charge in [-0.15, -0.1) is 12.4 Å². The van der Waals surface area contributed by atoms with Gasteiger partial charge < -0.3 is 15.0 Å². The van der Waals surface area contributed by atoms with Gasteiger partial charge in [0.15, 0.2) is 0 Å². The highest BCUT2D eigenvalue weighted by atomic mass is 35.5. The molecule has 2 amide bonds. The molecule has 136 valence electrons. The van der Waals surface area contributed by atoms with Gasteiger partial charge in [0.25, 0.3) is 11.8 Å². The van der Waals surface area contributed by atoms with Crippen LogP contribution in [0.15, 0.2) is 24.3 Å². The van der Waals surface area contributed by atoms with Crippen LogP contribution < -0.4 is 0 Å². The van der Waals surface area contributed by atoms with Gasteiger partial charge in [-0.1, -0.05) is 0 Å². The molecule has 0 aliphatic carbocycles. The molecule has 0 saturated heterocycles. The summed E-state index contributed by atoms with van der Waals surface area (Å²) in [6.45, 7) is 2.88. The summed E-state index contributed by atoms with van der Waals surface area (Å²) < 4.78 is 0. The Morgan fingerprint density at radius 2 is 1.88 bits per heavy atom. The number of aromatic amines is 1. The second kappa shape index (κ2) is 6.30. The molecular formula is C19H20ClN3O3. The SMILES string of the molecule is Cc1cc2c(c3c1[nH]c1ccc(O)cc13)C(=O)N(CCN(C)C)C2=O.Cl. The number of likely N-dealkylation sites (N-methyl/N-ethyl adjacent to an activating group) is 1. The lowest BCUT2D eigenvalue weighted by molar-refractivity contribution is 0.0645. The molecule has 4 rings (SSSR count). The minimum atomic E-state index is -0.268. The molecule has 1 aliphatic rings. The lowest BCUT2D eigenvalue weighted by atomic mass is 9.99. The Bertz CT molecular complexity index is 1060. The van der Waals surface area contributed by atoms with Crippen molar-refractivity contribution in [1.29, 1.82) is 0 Å². The Morgan fingerprint density at radius 3 is 2.58 bits per heavy atom. The summed E-state index contributed by atoms with van der Waals surface area (Å²) in [5, 5.41) is 11.3. The number of nitrogens with zero attached hydrogens (tertiary/aromatic N) is 2. The summed E-state index contributed by atoms with van der Waals surface area (Å²) in [6, 6.07) is 6.79. The van der Waals surface area contributed by atoms with E-state index in [9.17, 15) is 14.7 Å². The van der Waals surface area contributed by atoms with Gasteiger partial charge in [0.2, 0.25) is 0 Å². The molecule has 0 radical (unpaired) electrons. The van der Waals surface area contributed by atoms with E-state index in [1.807, 2.05) is 25.9 Å². The van der Waals surface area contributed by atoms with Gasteiger partial charge >= 0.3 is 0 Å². The molecule has 0 saturated carbocycles. The Hall–Kier alpha value is -2.57. The third kappa shape index (κ3) is 2.53.